The fourth-order valence-corrected chi connectivity index (χ4v) is 5.95. The van der Waals surface area contributed by atoms with Crippen molar-refractivity contribution in [3.05, 3.63) is 59.8 Å². The van der Waals surface area contributed by atoms with Crippen LogP contribution in [0.5, 0.6) is 0 Å². The first kappa shape index (κ1) is 19.0. The van der Waals surface area contributed by atoms with E-state index in [4.69, 9.17) is 0 Å². The molecule has 1 atom stereocenters. The average Bonchev–Trinajstić information content (AvgIpc) is 2.99. The van der Waals surface area contributed by atoms with Gasteiger partial charge in [-0.1, -0.05) is 81.6 Å². The van der Waals surface area contributed by atoms with Crippen molar-refractivity contribution in [1.82, 2.24) is 0 Å². The Morgan fingerprint density at radius 3 is 1.93 bits per heavy atom. The van der Waals surface area contributed by atoms with Crippen LogP contribution in [-0.4, -0.2) is 0 Å². The summed E-state index contributed by atoms with van der Waals surface area (Å²) in [6, 6.07) is 0. The SMILES string of the molecule is C=C1C(C2CCCCC2)=CC(CC2C=CC=CCC2)C=C1C1CCCCC1. The summed E-state index contributed by atoms with van der Waals surface area (Å²) in [5.74, 6) is 2.92. The Morgan fingerprint density at radius 1 is 0.741 bits per heavy atom. The van der Waals surface area contributed by atoms with Gasteiger partial charge >= 0.3 is 0 Å². The molecule has 0 radical (unpaired) electrons. The second kappa shape index (κ2) is 9.26. The van der Waals surface area contributed by atoms with Gasteiger partial charge in [-0.3, -0.25) is 0 Å². The second-order valence-electron chi connectivity index (χ2n) is 9.44. The normalized spacial score (nSPS) is 28.7. The van der Waals surface area contributed by atoms with E-state index in [2.05, 4.69) is 43.0 Å². The van der Waals surface area contributed by atoms with Crippen LogP contribution in [0.4, 0.5) is 0 Å². The Morgan fingerprint density at radius 2 is 1.33 bits per heavy atom. The molecule has 0 heterocycles. The molecule has 0 amide bonds. The Bertz CT molecular complexity index is 591. The first-order chi connectivity index (χ1) is 13.3. The van der Waals surface area contributed by atoms with Crippen molar-refractivity contribution in [1.29, 1.82) is 0 Å². The van der Waals surface area contributed by atoms with Crippen molar-refractivity contribution >= 4 is 0 Å². The Hall–Kier alpha value is -1.30. The van der Waals surface area contributed by atoms with Crippen LogP contribution in [0.25, 0.3) is 0 Å². The summed E-state index contributed by atoms with van der Waals surface area (Å²) in [7, 11) is 0. The highest BCUT2D eigenvalue weighted by molar-refractivity contribution is 5.51. The Balaban J connectivity index is 1.56. The van der Waals surface area contributed by atoms with E-state index in [0.29, 0.717) is 5.92 Å². The quantitative estimate of drug-likeness (QED) is 0.474. The summed E-state index contributed by atoms with van der Waals surface area (Å²) in [5.41, 5.74) is 4.74. The molecule has 0 aromatic carbocycles. The lowest BCUT2D eigenvalue weighted by Gasteiger charge is -2.35. The van der Waals surface area contributed by atoms with Gasteiger partial charge in [0.15, 0.2) is 0 Å². The summed E-state index contributed by atoms with van der Waals surface area (Å²) in [6.45, 7) is 4.66. The fourth-order valence-electron chi connectivity index (χ4n) is 5.95. The van der Waals surface area contributed by atoms with E-state index >= 15 is 0 Å². The molecule has 0 saturated heterocycles. The molecule has 4 aliphatic carbocycles. The molecule has 0 spiro atoms. The summed E-state index contributed by atoms with van der Waals surface area (Å²) in [4.78, 5) is 0. The molecule has 4 aliphatic rings. The van der Waals surface area contributed by atoms with E-state index in [9.17, 15) is 0 Å². The van der Waals surface area contributed by atoms with E-state index in [-0.39, 0.29) is 0 Å². The van der Waals surface area contributed by atoms with E-state index in [0.717, 1.165) is 17.8 Å². The molecular formula is C27H38. The second-order valence-corrected chi connectivity index (χ2v) is 9.44. The van der Waals surface area contributed by atoms with Crippen LogP contribution < -0.4 is 0 Å². The predicted molar refractivity (Wildman–Crippen MR) is 118 cm³/mol. The standard InChI is InChI=1S/C27H38/c1-21-26(24-14-8-4-9-15-24)19-23(18-22-12-6-2-3-7-13-22)20-27(21)25-16-10-5-11-17-25/h2-3,6,12,19-20,22-25H,1,4-5,7-11,13-18H2. The molecule has 0 heteroatoms. The molecule has 4 rings (SSSR count). The van der Waals surface area contributed by atoms with E-state index in [1.807, 2.05) is 0 Å². The van der Waals surface area contributed by atoms with Gasteiger partial charge in [-0.15, -0.1) is 0 Å². The minimum Gasteiger partial charge on any atom is -0.0912 e. The van der Waals surface area contributed by atoms with E-state index in [1.54, 1.807) is 11.1 Å². The van der Waals surface area contributed by atoms with Crippen LogP contribution in [0.1, 0.15) is 83.5 Å². The number of rotatable bonds is 4. The Labute approximate surface area is 167 Å². The molecule has 27 heavy (non-hydrogen) atoms. The largest absolute Gasteiger partial charge is 0.0912 e. The molecule has 1 unspecified atom stereocenters. The lowest BCUT2D eigenvalue weighted by atomic mass is 9.70. The third kappa shape index (κ3) is 4.76. The molecule has 0 aromatic heterocycles. The number of hydrogen-bond acceptors (Lipinski definition) is 0. The third-order valence-electron chi connectivity index (χ3n) is 7.48. The molecule has 2 saturated carbocycles. The van der Waals surface area contributed by atoms with Crippen molar-refractivity contribution in [2.24, 2.45) is 23.7 Å². The fraction of sp³-hybridized carbons (Fsp3) is 0.630. The zero-order valence-corrected chi connectivity index (χ0v) is 17.2. The monoisotopic (exact) mass is 362 g/mol. The van der Waals surface area contributed by atoms with E-state index < -0.39 is 0 Å². The first-order valence-electron chi connectivity index (χ1n) is 11.8. The van der Waals surface area contributed by atoms with Gasteiger partial charge in [0.05, 0.1) is 0 Å². The zero-order valence-electron chi connectivity index (χ0n) is 17.2. The maximum absolute atomic E-state index is 4.66. The van der Waals surface area contributed by atoms with Gasteiger partial charge < -0.3 is 0 Å². The van der Waals surface area contributed by atoms with Gasteiger partial charge in [0.1, 0.15) is 0 Å². The summed E-state index contributed by atoms with van der Waals surface area (Å²) in [5, 5.41) is 0. The molecule has 2 fully saturated rings. The van der Waals surface area contributed by atoms with Crippen molar-refractivity contribution in [3.63, 3.8) is 0 Å². The van der Waals surface area contributed by atoms with Crippen LogP contribution in [0.3, 0.4) is 0 Å². The minimum atomic E-state index is 0.622. The van der Waals surface area contributed by atoms with E-state index in [1.165, 1.54) is 89.0 Å². The molecular weight excluding hydrogens is 324 g/mol. The van der Waals surface area contributed by atoms with Crippen LogP contribution in [0.2, 0.25) is 0 Å². The number of hydrogen-bond donors (Lipinski definition) is 0. The van der Waals surface area contributed by atoms with Crippen molar-refractivity contribution in [2.75, 3.05) is 0 Å². The van der Waals surface area contributed by atoms with Crippen molar-refractivity contribution in [2.45, 2.75) is 83.5 Å². The highest BCUT2D eigenvalue weighted by Crippen LogP contribution is 2.45. The van der Waals surface area contributed by atoms with Crippen LogP contribution in [0.15, 0.2) is 59.8 Å². The summed E-state index contributed by atoms with van der Waals surface area (Å²) in [6.07, 6.45) is 32.5. The van der Waals surface area contributed by atoms with Crippen molar-refractivity contribution in [3.8, 4) is 0 Å². The number of allylic oxidation sites excluding steroid dienone is 9. The van der Waals surface area contributed by atoms with Crippen LogP contribution in [0, 0.1) is 23.7 Å². The molecule has 0 N–H and O–H groups in total. The Kier molecular flexibility index (Phi) is 6.53. The van der Waals surface area contributed by atoms with Gasteiger partial charge in [0, 0.05) is 0 Å². The van der Waals surface area contributed by atoms with Gasteiger partial charge in [0.25, 0.3) is 0 Å². The van der Waals surface area contributed by atoms with Crippen molar-refractivity contribution < 1.29 is 0 Å². The smallest absolute Gasteiger partial charge is 0.00356 e. The highest BCUT2D eigenvalue weighted by atomic mass is 14.3. The predicted octanol–water partition coefficient (Wildman–Crippen LogP) is 8.10. The maximum atomic E-state index is 4.66. The highest BCUT2D eigenvalue weighted by Gasteiger charge is 2.30. The van der Waals surface area contributed by atoms with Gasteiger partial charge in [0.2, 0.25) is 0 Å². The molecule has 0 aromatic rings. The molecule has 0 aliphatic heterocycles. The molecule has 0 nitrogen and oxygen atoms in total. The van der Waals surface area contributed by atoms with Gasteiger partial charge in [-0.25, -0.2) is 0 Å². The molecule has 0 bridgehead atoms. The topological polar surface area (TPSA) is 0 Å². The lowest BCUT2D eigenvalue weighted by Crippen LogP contribution is -2.21. The lowest BCUT2D eigenvalue weighted by molar-refractivity contribution is 0.385. The summed E-state index contributed by atoms with van der Waals surface area (Å²) >= 11 is 0. The zero-order chi connectivity index (χ0) is 18.5. The van der Waals surface area contributed by atoms with Crippen LogP contribution >= 0.6 is 0 Å². The van der Waals surface area contributed by atoms with Gasteiger partial charge in [-0.05, 0) is 85.3 Å². The maximum Gasteiger partial charge on any atom is -0.00356 e. The van der Waals surface area contributed by atoms with Crippen LogP contribution in [-0.2, 0) is 0 Å². The summed E-state index contributed by atoms with van der Waals surface area (Å²) < 4.78 is 0. The third-order valence-corrected chi connectivity index (χ3v) is 7.48. The first-order valence-corrected chi connectivity index (χ1v) is 11.8. The molecule has 146 valence electrons. The average molecular weight is 363 g/mol. The van der Waals surface area contributed by atoms with Gasteiger partial charge in [-0.2, -0.15) is 0 Å². The minimum absolute atomic E-state index is 0.622.